The van der Waals surface area contributed by atoms with Crippen LogP contribution < -0.4 is 9.64 Å². The van der Waals surface area contributed by atoms with Crippen molar-refractivity contribution in [3.8, 4) is 11.5 Å². The van der Waals surface area contributed by atoms with Crippen molar-refractivity contribution in [1.82, 2.24) is 0 Å². The number of methoxy groups -OCH3 is 1. The Kier molecular flexibility index (Phi) is 6.55. The molecule has 8 nitrogen and oxygen atoms in total. The summed E-state index contributed by atoms with van der Waals surface area (Å²) in [5, 5.41) is 21.2. The van der Waals surface area contributed by atoms with E-state index in [1.54, 1.807) is 43.3 Å². The molecule has 1 aliphatic rings. The molecular formula is C27H23NO7. The van der Waals surface area contributed by atoms with Gasteiger partial charge in [0.2, 0.25) is 0 Å². The van der Waals surface area contributed by atoms with Crippen molar-refractivity contribution in [1.29, 1.82) is 0 Å². The van der Waals surface area contributed by atoms with Crippen LogP contribution >= 0.6 is 0 Å². The van der Waals surface area contributed by atoms with Gasteiger partial charge in [0.05, 0.1) is 30.9 Å². The summed E-state index contributed by atoms with van der Waals surface area (Å²) in [7, 11) is 1.38. The number of carbonyl (C=O) groups excluding carboxylic acids is 3. The number of aliphatic hydroxyl groups is 1. The van der Waals surface area contributed by atoms with Gasteiger partial charge in [0, 0.05) is 11.3 Å². The lowest BCUT2D eigenvalue weighted by molar-refractivity contribution is -0.132. The average molecular weight is 473 g/mol. The molecule has 3 aromatic carbocycles. The molecule has 8 heteroatoms. The molecule has 1 aliphatic heterocycles. The van der Waals surface area contributed by atoms with Crippen LogP contribution in [-0.4, -0.2) is 41.6 Å². The van der Waals surface area contributed by atoms with Crippen molar-refractivity contribution in [3.05, 3.63) is 95.1 Å². The monoisotopic (exact) mass is 473 g/mol. The summed E-state index contributed by atoms with van der Waals surface area (Å²) in [5.74, 6) is -2.52. The van der Waals surface area contributed by atoms with E-state index in [4.69, 9.17) is 9.47 Å². The molecule has 1 amide bonds. The molecule has 0 radical (unpaired) electrons. The van der Waals surface area contributed by atoms with Gasteiger partial charge >= 0.3 is 5.97 Å². The normalized spacial score (nSPS) is 16.9. The molecule has 0 aromatic heterocycles. The van der Waals surface area contributed by atoms with Gasteiger partial charge in [0.15, 0.2) is 11.5 Å². The molecule has 35 heavy (non-hydrogen) atoms. The number of aromatic hydroxyl groups is 1. The minimum atomic E-state index is -1.02. The first-order chi connectivity index (χ1) is 16.9. The first-order valence-corrected chi connectivity index (χ1v) is 10.9. The van der Waals surface area contributed by atoms with Crippen molar-refractivity contribution in [3.63, 3.8) is 0 Å². The third-order valence-corrected chi connectivity index (χ3v) is 5.67. The Labute approximate surface area is 201 Å². The zero-order chi connectivity index (χ0) is 25.1. The summed E-state index contributed by atoms with van der Waals surface area (Å²) < 4.78 is 10.2. The van der Waals surface area contributed by atoms with E-state index in [0.717, 1.165) is 0 Å². The number of hydrogen-bond acceptors (Lipinski definition) is 7. The summed E-state index contributed by atoms with van der Waals surface area (Å²) in [4.78, 5) is 39.7. The number of ether oxygens (including phenoxy) is 2. The zero-order valence-corrected chi connectivity index (χ0v) is 19.1. The second-order valence-corrected chi connectivity index (χ2v) is 7.73. The first-order valence-electron chi connectivity index (χ1n) is 10.9. The summed E-state index contributed by atoms with van der Waals surface area (Å²) in [5.41, 5.74) is 1.33. The minimum absolute atomic E-state index is 0.108. The van der Waals surface area contributed by atoms with Gasteiger partial charge in [0.1, 0.15) is 5.76 Å². The highest BCUT2D eigenvalue weighted by Crippen LogP contribution is 2.44. The van der Waals surface area contributed by atoms with Crippen molar-refractivity contribution in [2.75, 3.05) is 18.6 Å². The van der Waals surface area contributed by atoms with Gasteiger partial charge in [-0.2, -0.15) is 0 Å². The number of hydrogen-bond donors (Lipinski definition) is 2. The van der Waals surface area contributed by atoms with E-state index in [-0.39, 0.29) is 29.4 Å². The van der Waals surface area contributed by atoms with Crippen LogP contribution in [0.4, 0.5) is 5.69 Å². The number of benzene rings is 3. The summed E-state index contributed by atoms with van der Waals surface area (Å²) in [6.45, 7) is 1.92. The van der Waals surface area contributed by atoms with Crippen LogP contribution in [-0.2, 0) is 14.3 Å². The Bertz CT molecular complexity index is 1310. The molecule has 1 heterocycles. The van der Waals surface area contributed by atoms with Crippen molar-refractivity contribution < 1.29 is 34.1 Å². The van der Waals surface area contributed by atoms with Gasteiger partial charge in [-0.25, -0.2) is 4.79 Å². The fourth-order valence-corrected chi connectivity index (χ4v) is 4.00. The van der Waals surface area contributed by atoms with Crippen molar-refractivity contribution in [2.45, 2.75) is 13.0 Å². The number of amides is 1. The Morgan fingerprint density at radius 3 is 2.29 bits per heavy atom. The molecule has 2 N–H and O–H groups in total. The average Bonchev–Trinajstić information content (AvgIpc) is 3.15. The quantitative estimate of drug-likeness (QED) is 0.239. The number of phenolic OH excluding ortho intramolecular Hbond substituents is 1. The second kappa shape index (κ2) is 9.72. The maximum atomic E-state index is 13.2. The fraction of sp³-hybridized carbons (Fsp3) is 0.148. The smallest absolute Gasteiger partial charge is 0.338 e. The number of Topliss-reactive ketones (excluding diaryl/α,β-unsaturated/α-hetero) is 1. The predicted molar refractivity (Wildman–Crippen MR) is 128 cm³/mol. The molecule has 0 aliphatic carbocycles. The molecular weight excluding hydrogens is 450 g/mol. The van der Waals surface area contributed by atoms with Crippen LogP contribution in [0.15, 0.2) is 78.4 Å². The Hall–Kier alpha value is -4.59. The van der Waals surface area contributed by atoms with Crippen LogP contribution in [0, 0.1) is 0 Å². The third-order valence-electron chi connectivity index (χ3n) is 5.67. The standard InChI is InChI=1S/C27H23NO7/c1-3-35-27(33)17-9-12-19(13-10-17)28-23(18-11-14-20(29)21(15-18)34-2)22(25(31)26(28)32)24(30)16-7-5-4-6-8-16/h4-15,23,29-30H,3H2,1-2H3/b24-22-. The molecule has 0 spiro atoms. The van der Waals surface area contributed by atoms with E-state index in [1.807, 2.05) is 0 Å². The van der Waals surface area contributed by atoms with Gasteiger partial charge in [0.25, 0.3) is 11.7 Å². The van der Waals surface area contributed by atoms with E-state index < -0.39 is 23.7 Å². The largest absolute Gasteiger partial charge is 0.507 e. The fourth-order valence-electron chi connectivity index (χ4n) is 4.00. The first kappa shape index (κ1) is 23.6. The van der Waals surface area contributed by atoms with Gasteiger partial charge in [-0.1, -0.05) is 36.4 Å². The number of nitrogens with zero attached hydrogens (tertiary/aromatic N) is 1. The lowest BCUT2D eigenvalue weighted by Gasteiger charge is -2.26. The van der Waals surface area contributed by atoms with E-state index in [2.05, 4.69) is 0 Å². The molecule has 178 valence electrons. The number of phenols is 1. The van der Waals surface area contributed by atoms with Gasteiger partial charge < -0.3 is 19.7 Å². The topological polar surface area (TPSA) is 113 Å². The Balaban J connectivity index is 1.89. The van der Waals surface area contributed by atoms with Crippen LogP contribution in [0.2, 0.25) is 0 Å². The molecule has 4 rings (SSSR count). The molecule has 1 atom stereocenters. The highest BCUT2D eigenvalue weighted by atomic mass is 16.5. The van der Waals surface area contributed by atoms with Gasteiger partial charge in [-0.15, -0.1) is 0 Å². The van der Waals surface area contributed by atoms with Gasteiger partial charge in [-0.05, 0) is 48.9 Å². The molecule has 0 bridgehead atoms. The minimum Gasteiger partial charge on any atom is -0.507 e. The number of ketones is 1. The number of carbonyl (C=O) groups is 3. The number of esters is 1. The maximum absolute atomic E-state index is 13.2. The maximum Gasteiger partial charge on any atom is 0.338 e. The van der Waals surface area contributed by atoms with E-state index in [9.17, 15) is 24.6 Å². The van der Waals surface area contributed by atoms with Crippen LogP contribution in [0.25, 0.3) is 5.76 Å². The molecule has 1 unspecified atom stereocenters. The van der Waals surface area contributed by atoms with Crippen molar-refractivity contribution >= 4 is 29.1 Å². The van der Waals surface area contributed by atoms with Crippen molar-refractivity contribution in [2.24, 2.45) is 0 Å². The van der Waals surface area contributed by atoms with Crippen LogP contribution in [0.1, 0.15) is 34.5 Å². The summed E-state index contributed by atoms with van der Waals surface area (Å²) in [6, 6.07) is 17.9. The highest BCUT2D eigenvalue weighted by molar-refractivity contribution is 6.51. The third kappa shape index (κ3) is 4.33. The number of aliphatic hydroxyl groups excluding tert-OH is 1. The molecule has 1 saturated heterocycles. The summed E-state index contributed by atoms with van der Waals surface area (Å²) in [6.07, 6.45) is 0. The Morgan fingerprint density at radius 1 is 0.971 bits per heavy atom. The van der Waals surface area contributed by atoms with E-state index in [0.29, 0.717) is 22.4 Å². The SMILES string of the molecule is CCOC(=O)c1ccc(N2C(=O)C(=O)/C(=C(\O)c3ccccc3)C2c2ccc(O)c(OC)c2)cc1. The second-order valence-electron chi connectivity index (χ2n) is 7.73. The lowest BCUT2D eigenvalue weighted by Crippen LogP contribution is -2.29. The highest BCUT2D eigenvalue weighted by Gasteiger charge is 2.47. The van der Waals surface area contributed by atoms with Gasteiger partial charge in [-0.3, -0.25) is 14.5 Å². The predicted octanol–water partition coefficient (Wildman–Crippen LogP) is 4.20. The number of anilines is 1. The van der Waals surface area contributed by atoms with Crippen LogP contribution in [0.5, 0.6) is 11.5 Å². The molecule has 3 aromatic rings. The molecule has 0 saturated carbocycles. The lowest BCUT2D eigenvalue weighted by atomic mass is 9.94. The van der Waals surface area contributed by atoms with Crippen LogP contribution in [0.3, 0.4) is 0 Å². The number of rotatable bonds is 6. The Morgan fingerprint density at radius 2 is 1.66 bits per heavy atom. The molecule has 1 fully saturated rings. The van der Waals surface area contributed by atoms with E-state index >= 15 is 0 Å². The zero-order valence-electron chi connectivity index (χ0n) is 19.1. The summed E-state index contributed by atoms with van der Waals surface area (Å²) >= 11 is 0. The van der Waals surface area contributed by atoms with E-state index in [1.165, 1.54) is 48.4 Å².